The number of nitrogens with two attached hydrogens (primary N) is 1. The summed E-state index contributed by atoms with van der Waals surface area (Å²) in [6.45, 7) is 2.30. The molecule has 0 amide bonds. The summed E-state index contributed by atoms with van der Waals surface area (Å²) >= 11 is 0. The molecule has 1 heterocycles. The Hall–Kier alpha value is -1.70. The Kier molecular flexibility index (Phi) is 2.29. The smallest absolute Gasteiger partial charge is 0.0460 e. The lowest BCUT2D eigenvalue weighted by atomic mass is 9.81. The summed E-state index contributed by atoms with van der Waals surface area (Å²) in [5.74, 6) is 0. The molecule has 1 aliphatic heterocycles. The van der Waals surface area contributed by atoms with Gasteiger partial charge in [-0.2, -0.15) is 0 Å². The first kappa shape index (κ1) is 11.2. The van der Waals surface area contributed by atoms with Gasteiger partial charge in [0.05, 0.1) is 0 Å². The van der Waals surface area contributed by atoms with Gasteiger partial charge in [-0.15, -0.1) is 0 Å². The molecule has 2 aliphatic carbocycles. The zero-order chi connectivity index (χ0) is 13.0. The van der Waals surface area contributed by atoms with E-state index in [1.54, 1.807) is 11.1 Å². The number of allylic oxidation sites excluding steroid dienone is 2. The van der Waals surface area contributed by atoms with Gasteiger partial charge in [0, 0.05) is 29.4 Å². The van der Waals surface area contributed by atoms with E-state index in [4.69, 9.17) is 5.73 Å². The van der Waals surface area contributed by atoms with Crippen molar-refractivity contribution in [1.82, 2.24) is 5.32 Å². The molecule has 0 spiro atoms. The first-order valence-electron chi connectivity index (χ1n) is 7.35. The number of nitrogens with one attached hydrogen (secondary N) is 1. The van der Waals surface area contributed by atoms with Gasteiger partial charge < -0.3 is 11.1 Å². The highest BCUT2D eigenvalue weighted by molar-refractivity contribution is 5.84. The molecule has 1 aromatic rings. The molecule has 19 heavy (non-hydrogen) atoms. The number of hydrogen-bond acceptors (Lipinski definition) is 2. The van der Waals surface area contributed by atoms with Gasteiger partial charge in [0.2, 0.25) is 0 Å². The van der Waals surface area contributed by atoms with E-state index in [1.807, 2.05) is 6.07 Å². The van der Waals surface area contributed by atoms with Crippen LogP contribution in [-0.4, -0.2) is 6.04 Å². The highest BCUT2D eigenvalue weighted by Crippen LogP contribution is 2.45. The molecule has 2 nitrogen and oxygen atoms in total. The lowest BCUT2D eigenvalue weighted by Crippen LogP contribution is -2.32. The fraction of sp³-hybridized carbons (Fsp3) is 0.412. The largest absolute Gasteiger partial charge is 0.398 e. The molecule has 98 valence electrons. The van der Waals surface area contributed by atoms with Crippen molar-refractivity contribution in [3.63, 3.8) is 0 Å². The van der Waals surface area contributed by atoms with Crippen LogP contribution in [0.3, 0.4) is 0 Å². The average molecular weight is 252 g/mol. The third-order valence-electron chi connectivity index (χ3n) is 4.90. The van der Waals surface area contributed by atoms with E-state index in [0.717, 1.165) is 12.1 Å². The van der Waals surface area contributed by atoms with Gasteiger partial charge in [-0.1, -0.05) is 12.1 Å². The number of benzene rings is 1. The third-order valence-corrected chi connectivity index (χ3v) is 4.90. The third kappa shape index (κ3) is 1.49. The molecule has 0 saturated carbocycles. The van der Waals surface area contributed by atoms with E-state index in [2.05, 4.69) is 24.4 Å². The first-order valence-corrected chi connectivity index (χ1v) is 7.35. The van der Waals surface area contributed by atoms with E-state index in [1.165, 1.54) is 48.1 Å². The molecule has 0 aromatic heterocycles. The van der Waals surface area contributed by atoms with Gasteiger partial charge in [-0.25, -0.2) is 0 Å². The molecular weight excluding hydrogens is 232 g/mol. The second-order valence-corrected chi connectivity index (χ2v) is 5.98. The number of fused-ring (bicyclic) bond motifs is 3. The van der Waals surface area contributed by atoms with Crippen LogP contribution in [0.5, 0.6) is 0 Å². The minimum atomic E-state index is 0.487. The van der Waals surface area contributed by atoms with Crippen molar-refractivity contribution < 1.29 is 0 Å². The van der Waals surface area contributed by atoms with Crippen molar-refractivity contribution in [3.05, 3.63) is 46.0 Å². The van der Waals surface area contributed by atoms with E-state index in [0.29, 0.717) is 6.04 Å². The summed E-state index contributed by atoms with van der Waals surface area (Å²) in [4.78, 5) is 0. The Morgan fingerprint density at radius 3 is 2.89 bits per heavy atom. The van der Waals surface area contributed by atoms with Crippen molar-refractivity contribution in [2.75, 3.05) is 5.73 Å². The van der Waals surface area contributed by atoms with Crippen molar-refractivity contribution in [1.29, 1.82) is 0 Å². The molecular formula is C17H20N2. The summed E-state index contributed by atoms with van der Waals surface area (Å²) in [6.07, 6.45) is 6.24. The van der Waals surface area contributed by atoms with Gasteiger partial charge in [0.25, 0.3) is 0 Å². The van der Waals surface area contributed by atoms with Crippen LogP contribution in [0.4, 0.5) is 5.69 Å². The number of anilines is 1. The van der Waals surface area contributed by atoms with Crippen molar-refractivity contribution in [3.8, 4) is 0 Å². The SMILES string of the molecule is CC1NC2=C(Cc3c(N)cccc32)C2=C1CCCC2. The molecule has 1 unspecified atom stereocenters. The molecule has 0 radical (unpaired) electrons. The van der Waals surface area contributed by atoms with E-state index < -0.39 is 0 Å². The molecule has 0 saturated heterocycles. The Bertz CT molecular complexity index is 622. The summed E-state index contributed by atoms with van der Waals surface area (Å²) < 4.78 is 0. The number of nitrogen functional groups attached to an aromatic ring is 1. The maximum atomic E-state index is 6.16. The number of rotatable bonds is 0. The second-order valence-electron chi connectivity index (χ2n) is 5.98. The summed E-state index contributed by atoms with van der Waals surface area (Å²) in [6, 6.07) is 6.79. The zero-order valence-electron chi connectivity index (χ0n) is 11.4. The predicted molar refractivity (Wildman–Crippen MR) is 79.6 cm³/mol. The minimum absolute atomic E-state index is 0.487. The first-order chi connectivity index (χ1) is 9.25. The monoisotopic (exact) mass is 252 g/mol. The van der Waals surface area contributed by atoms with Crippen LogP contribution >= 0.6 is 0 Å². The Morgan fingerprint density at radius 2 is 2.00 bits per heavy atom. The van der Waals surface area contributed by atoms with Gasteiger partial charge >= 0.3 is 0 Å². The van der Waals surface area contributed by atoms with Crippen LogP contribution < -0.4 is 11.1 Å². The second kappa shape index (κ2) is 3.89. The quantitative estimate of drug-likeness (QED) is 0.694. The summed E-state index contributed by atoms with van der Waals surface area (Å²) in [5.41, 5.74) is 15.9. The zero-order valence-corrected chi connectivity index (χ0v) is 11.4. The van der Waals surface area contributed by atoms with Crippen molar-refractivity contribution >= 4 is 11.4 Å². The van der Waals surface area contributed by atoms with Gasteiger partial charge in [-0.3, -0.25) is 0 Å². The van der Waals surface area contributed by atoms with Gasteiger partial charge in [-0.05, 0) is 61.0 Å². The normalized spacial score (nSPS) is 24.8. The fourth-order valence-corrected chi connectivity index (χ4v) is 3.94. The molecule has 4 rings (SSSR count). The van der Waals surface area contributed by atoms with E-state index >= 15 is 0 Å². The van der Waals surface area contributed by atoms with E-state index in [-0.39, 0.29) is 0 Å². The average Bonchev–Trinajstić information content (AvgIpc) is 2.80. The molecule has 1 atom stereocenters. The van der Waals surface area contributed by atoms with Crippen LogP contribution in [0.15, 0.2) is 34.9 Å². The maximum absolute atomic E-state index is 6.16. The molecule has 0 fully saturated rings. The predicted octanol–water partition coefficient (Wildman–Crippen LogP) is 3.40. The molecule has 3 aliphatic rings. The van der Waals surface area contributed by atoms with Crippen LogP contribution in [0.2, 0.25) is 0 Å². The van der Waals surface area contributed by atoms with Crippen LogP contribution in [0.25, 0.3) is 5.70 Å². The topological polar surface area (TPSA) is 38.0 Å². The standard InChI is InChI=1S/C17H20N2/c1-10-11-5-2-3-6-12(11)15-9-14-13(17(15)19-10)7-4-8-16(14)18/h4,7-8,10,19H,2-3,5-6,9,18H2,1H3. The van der Waals surface area contributed by atoms with Crippen molar-refractivity contribution in [2.24, 2.45) is 0 Å². The highest BCUT2D eigenvalue weighted by atomic mass is 14.9. The molecule has 0 bridgehead atoms. The lowest BCUT2D eigenvalue weighted by Gasteiger charge is -2.33. The van der Waals surface area contributed by atoms with Crippen molar-refractivity contribution in [2.45, 2.75) is 45.1 Å². The van der Waals surface area contributed by atoms with Gasteiger partial charge in [0.15, 0.2) is 0 Å². The van der Waals surface area contributed by atoms with Crippen LogP contribution in [0.1, 0.15) is 43.7 Å². The summed E-state index contributed by atoms with van der Waals surface area (Å²) in [5, 5.41) is 3.73. The van der Waals surface area contributed by atoms with Crippen LogP contribution in [-0.2, 0) is 6.42 Å². The molecule has 2 heteroatoms. The Morgan fingerprint density at radius 1 is 1.16 bits per heavy atom. The minimum Gasteiger partial charge on any atom is -0.398 e. The number of dihydropyridines is 1. The van der Waals surface area contributed by atoms with Gasteiger partial charge in [0.1, 0.15) is 0 Å². The summed E-state index contributed by atoms with van der Waals surface area (Å²) in [7, 11) is 0. The maximum Gasteiger partial charge on any atom is 0.0460 e. The Labute approximate surface area is 114 Å². The lowest BCUT2D eigenvalue weighted by molar-refractivity contribution is 0.592. The fourth-order valence-electron chi connectivity index (χ4n) is 3.94. The molecule has 3 N–H and O–H groups in total. The van der Waals surface area contributed by atoms with E-state index in [9.17, 15) is 0 Å². The number of hydrogen-bond donors (Lipinski definition) is 2. The Balaban J connectivity index is 1.88. The molecule has 1 aromatic carbocycles. The van der Waals surface area contributed by atoms with Crippen LogP contribution in [0, 0.1) is 0 Å². The highest BCUT2D eigenvalue weighted by Gasteiger charge is 2.33.